The highest BCUT2D eigenvalue weighted by molar-refractivity contribution is 5.28. The lowest BCUT2D eigenvalue weighted by atomic mass is 9.91. The maximum atomic E-state index is 14.0. The van der Waals surface area contributed by atoms with Crippen LogP contribution in [0.1, 0.15) is 29.5 Å². The zero-order chi connectivity index (χ0) is 14.4. The first kappa shape index (κ1) is 14.7. The summed E-state index contributed by atoms with van der Waals surface area (Å²) in [5.41, 5.74) is 3.39. The first-order valence-electron chi connectivity index (χ1n) is 7.21. The van der Waals surface area contributed by atoms with Gasteiger partial charge in [-0.25, -0.2) is 4.39 Å². The molecule has 106 valence electrons. The molecule has 1 unspecified atom stereocenters. The molecule has 1 N–H and O–H groups in total. The van der Waals surface area contributed by atoms with Gasteiger partial charge in [-0.15, -0.1) is 0 Å². The first-order chi connectivity index (χ1) is 9.74. The summed E-state index contributed by atoms with van der Waals surface area (Å²) in [6.07, 6.45) is 1.90. The Labute approximate surface area is 120 Å². The van der Waals surface area contributed by atoms with Crippen LogP contribution in [0, 0.1) is 5.82 Å². The van der Waals surface area contributed by atoms with Crippen molar-refractivity contribution in [2.45, 2.75) is 25.7 Å². The summed E-state index contributed by atoms with van der Waals surface area (Å²) in [6.45, 7) is 2.93. The molecule has 2 aromatic carbocycles. The van der Waals surface area contributed by atoms with E-state index in [-0.39, 0.29) is 11.7 Å². The number of halogens is 1. The van der Waals surface area contributed by atoms with Crippen LogP contribution >= 0.6 is 0 Å². The molecule has 0 aliphatic rings. The van der Waals surface area contributed by atoms with Crippen molar-refractivity contribution in [3.63, 3.8) is 0 Å². The van der Waals surface area contributed by atoms with Crippen molar-refractivity contribution in [3.8, 4) is 0 Å². The maximum Gasteiger partial charge on any atom is 0.126 e. The average Bonchev–Trinajstić information content (AvgIpc) is 2.48. The second-order valence-electron chi connectivity index (χ2n) is 5.15. The van der Waals surface area contributed by atoms with E-state index >= 15 is 0 Å². The fourth-order valence-corrected chi connectivity index (χ4v) is 2.54. The molecule has 0 radical (unpaired) electrons. The maximum absolute atomic E-state index is 14.0. The Hall–Kier alpha value is -1.67. The van der Waals surface area contributed by atoms with Crippen LogP contribution in [0.4, 0.5) is 4.39 Å². The molecule has 2 heteroatoms. The molecule has 0 aliphatic heterocycles. The standard InChI is InChI=1S/C18H22FN/c1-3-14-8-10-15(11-9-14)12-16(13-20-2)17-6-4-5-7-18(17)19/h4-11,16,20H,3,12-13H2,1-2H3. The van der Waals surface area contributed by atoms with E-state index in [2.05, 4.69) is 36.5 Å². The summed E-state index contributed by atoms with van der Waals surface area (Å²) in [6, 6.07) is 15.7. The third-order valence-corrected chi connectivity index (χ3v) is 3.71. The van der Waals surface area contributed by atoms with Gasteiger partial charge in [0.15, 0.2) is 0 Å². The number of nitrogens with one attached hydrogen (secondary N) is 1. The minimum atomic E-state index is -0.113. The minimum Gasteiger partial charge on any atom is -0.319 e. The van der Waals surface area contributed by atoms with Gasteiger partial charge in [-0.05, 0) is 42.6 Å². The molecule has 20 heavy (non-hydrogen) atoms. The SMILES string of the molecule is CCc1ccc(CC(CNC)c2ccccc2F)cc1. The number of likely N-dealkylation sites (N-methyl/N-ethyl adjacent to an activating group) is 1. The molecule has 2 rings (SSSR count). The molecular weight excluding hydrogens is 249 g/mol. The van der Waals surface area contributed by atoms with Gasteiger partial charge in [-0.2, -0.15) is 0 Å². The van der Waals surface area contributed by atoms with Gasteiger partial charge in [0.05, 0.1) is 0 Å². The summed E-state index contributed by atoms with van der Waals surface area (Å²) >= 11 is 0. The summed E-state index contributed by atoms with van der Waals surface area (Å²) in [7, 11) is 1.91. The van der Waals surface area contributed by atoms with Crippen LogP contribution in [0.25, 0.3) is 0 Å². The monoisotopic (exact) mass is 271 g/mol. The van der Waals surface area contributed by atoms with E-state index in [0.29, 0.717) is 0 Å². The summed E-state index contributed by atoms with van der Waals surface area (Å²) in [5.74, 6) is 0.0478. The van der Waals surface area contributed by atoms with Gasteiger partial charge in [-0.3, -0.25) is 0 Å². The summed E-state index contributed by atoms with van der Waals surface area (Å²) in [5, 5.41) is 3.17. The molecular formula is C18H22FN. The van der Waals surface area contributed by atoms with Crippen molar-refractivity contribution in [3.05, 3.63) is 71.0 Å². The third kappa shape index (κ3) is 3.67. The van der Waals surface area contributed by atoms with Gasteiger partial charge in [0.25, 0.3) is 0 Å². The molecule has 0 heterocycles. The Kier molecular flexibility index (Phi) is 5.31. The molecule has 0 aromatic heterocycles. The fourth-order valence-electron chi connectivity index (χ4n) is 2.54. The molecule has 0 amide bonds. The first-order valence-corrected chi connectivity index (χ1v) is 7.21. The third-order valence-electron chi connectivity index (χ3n) is 3.71. The number of benzene rings is 2. The molecule has 2 aromatic rings. The number of hydrogen-bond donors (Lipinski definition) is 1. The van der Waals surface area contributed by atoms with E-state index in [1.165, 1.54) is 17.2 Å². The summed E-state index contributed by atoms with van der Waals surface area (Å²) < 4.78 is 14.0. The van der Waals surface area contributed by atoms with Gasteiger partial charge in [0.1, 0.15) is 5.82 Å². The second-order valence-corrected chi connectivity index (χ2v) is 5.15. The zero-order valence-corrected chi connectivity index (χ0v) is 12.2. The molecule has 1 atom stereocenters. The molecule has 0 saturated carbocycles. The van der Waals surface area contributed by atoms with Crippen LogP contribution in [-0.4, -0.2) is 13.6 Å². The van der Waals surface area contributed by atoms with Crippen molar-refractivity contribution in [2.75, 3.05) is 13.6 Å². The van der Waals surface area contributed by atoms with Gasteiger partial charge in [0.2, 0.25) is 0 Å². The smallest absolute Gasteiger partial charge is 0.126 e. The van der Waals surface area contributed by atoms with E-state index < -0.39 is 0 Å². The Bertz CT molecular complexity index is 533. The Balaban J connectivity index is 2.18. The Morgan fingerprint density at radius 1 is 1.00 bits per heavy atom. The molecule has 0 bridgehead atoms. The van der Waals surface area contributed by atoms with Crippen LogP contribution in [-0.2, 0) is 12.8 Å². The lowest BCUT2D eigenvalue weighted by Gasteiger charge is -2.18. The van der Waals surface area contributed by atoms with Crippen molar-refractivity contribution in [1.82, 2.24) is 5.32 Å². The predicted octanol–water partition coefficient (Wildman–Crippen LogP) is 3.93. The quantitative estimate of drug-likeness (QED) is 0.839. The van der Waals surface area contributed by atoms with Crippen molar-refractivity contribution >= 4 is 0 Å². The number of rotatable bonds is 6. The van der Waals surface area contributed by atoms with E-state index in [9.17, 15) is 4.39 Å². The molecule has 0 aliphatic carbocycles. The molecule has 0 fully saturated rings. The largest absolute Gasteiger partial charge is 0.319 e. The van der Waals surface area contributed by atoms with Crippen molar-refractivity contribution < 1.29 is 4.39 Å². The van der Waals surface area contributed by atoms with E-state index in [1.54, 1.807) is 6.07 Å². The predicted molar refractivity (Wildman–Crippen MR) is 82.6 cm³/mol. The highest BCUT2D eigenvalue weighted by Gasteiger charge is 2.15. The Morgan fingerprint density at radius 3 is 2.25 bits per heavy atom. The highest BCUT2D eigenvalue weighted by Crippen LogP contribution is 2.23. The van der Waals surface area contributed by atoms with Crippen molar-refractivity contribution in [2.24, 2.45) is 0 Å². The minimum absolute atomic E-state index is 0.113. The summed E-state index contributed by atoms with van der Waals surface area (Å²) in [4.78, 5) is 0. The number of aryl methyl sites for hydroxylation is 1. The van der Waals surface area contributed by atoms with Crippen LogP contribution in [0.15, 0.2) is 48.5 Å². The molecule has 0 saturated heterocycles. The normalized spacial score (nSPS) is 12.3. The van der Waals surface area contributed by atoms with Crippen LogP contribution in [0.3, 0.4) is 0 Å². The topological polar surface area (TPSA) is 12.0 Å². The average molecular weight is 271 g/mol. The van der Waals surface area contributed by atoms with E-state index in [4.69, 9.17) is 0 Å². The second kappa shape index (κ2) is 7.20. The van der Waals surface area contributed by atoms with Crippen molar-refractivity contribution in [1.29, 1.82) is 0 Å². The molecule has 1 nitrogen and oxygen atoms in total. The van der Waals surface area contributed by atoms with E-state index in [0.717, 1.165) is 24.9 Å². The van der Waals surface area contributed by atoms with Gasteiger partial charge < -0.3 is 5.32 Å². The Morgan fingerprint density at radius 2 is 1.65 bits per heavy atom. The number of hydrogen-bond acceptors (Lipinski definition) is 1. The van der Waals surface area contributed by atoms with E-state index in [1.807, 2.05) is 19.2 Å². The van der Waals surface area contributed by atoms with Gasteiger partial charge in [-0.1, -0.05) is 49.4 Å². The lowest BCUT2D eigenvalue weighted by Crippen LogP contribution is -2.20. The van der Waals surface area contributed by atoms with Crippen LogP contribution in [0.2, 0.25) is 0 Å². The van der Waals surface area contributed by atoms with Crippen LogP contribution in [0.5, 0.6) is 0 Å². The zero-order valence-electron chi connectivity index (χ0n) is 12.2. The highest BCUT2D eigenvalue weighted by atomic mass is 19.1. The fraction of sp³-hybridized carbons (Fsp3) is 0.333. The van der Waals surface area contributed by atoms with Crippen LogP contribution < -0.4 is 5.32 Å². The molecule has 0 spiro atoms. The van der Waals surface area contributed by atoms with Gasteiger partial charge in [0, 0.05) is 12.5 Å². The van der Waals surface area contributed by atoms with Gasteiger partial charge >= 0.3 is 0 Å². The lowest BCUT2D eigenvalue weighted by molar-refractivity contribution is 0.556.